The minimum absolute atomic E-state index is 0.594. The molecule has 0 aliphatic carbocycles. The summed E-state index contributed by atoms with van der Waals surface area (Å²) in [5.74, 6) is 0. The van der Waals surface area contributed by atoms with Gasteiger partial charge in [0.15, 0.2) is 0 Å². The number of hydrogen-bond acceptors (Lipinski definition) is 1. The van der Waals surface area contributed by atoms with E-state index in [0.29, 0.717) is 6.54 Å². The molecule has 0 radical (unpaired) electrons. The molecule has 0 saturated carbocycles. The minimum Gasteiger partial charge on any atom is -0.300 e. The first-order valence-corrected chi connectivity index (χ1v) is 5.77. The highest BCUT2D eigenvalue weighted by Gasteiger charge is 2.23. The lowest BCUT2D eigenvalue weighted by atomic mass is 10.1. The summed E-state index contributed by atoms with van der Waals surface area (Å²) in [6.45, 7) is 6.05. The van der Waals surface area contributed by atoms with E-state index in [1.165, 1.54) is 12.8 Å². The molecule has 0 unspecified atom stereocenters. The summed E-state index contributed by atoms with van der Waals surface area (Å²) in [5.41, 5.74) is -1.03. The predicted octanol–water partition coefficient (Wildman–Crippen LogP) is 2.63. The van der Waals surface area contributed by atoms with Gasteiger partial charge < -0.3 is 4.90 Å². The number of halogens is 2. The van der Waals surface area contributed by atoms with Gasteiger partial charge in [-0.3, -0.25) is 0 Å². The fraction of sp³-hybridized carbons (Fsp3) is 1.00. The normalized spacial score (nSPS) is 23.0. The zero-order valence-corrected chi connectivity index (χ0v) is 9.97. The Morgan fingerprint density at radius 1 is 1.42 bits per heavy atom. The Morgan fingerprint density at radius 2 is 1.92 bits per heavy atom. The van der Waals surface area contributed by atoms with Crippen molar-refractivity contribution in [1.82, 2.24) is 4.90 Å². The first-order chi connectivity index (χ1) is 5.47. The number of nitrogens with zero attached hydrogens (tertiary/aromatic N) is 1. The van der Waals surface area contributed by atoms with E-state index in [1.54, 1.807) is 13.8 Å². The molecule has 0 spiro atoms. The lowest BCUT2D eigenvalue weighted by Gasteiger charge is -2.32. The lowest BCUT2D eigenvalue weighted by molar-refractivity contribution is 0.113. The van der Waals surface area contributed by atoms with Gasteiger partial charge in [0.05, 0.1) is 0 Å². The highest BCUT2D eigenvalue weighted by molar-refractivity contribution is 14.1. The Labute approximate surface area is 87.8 Å². The van der Waals surface area contributed by atoms with E-state index in [0.717, 1.165) is 17.0 Å². The van der Waals surface area contributed by atoms with Gasteiger partial charge in [-0.15, -0.1) is 0 Å². The summed E-state index contributed by atoms with van der Waals surface area (Å²) in [5, 5.41) is 0. The fourth-order valence-electron chi connectivity index (χ4n) is 1.59. The van der Waals surface area contributed by atoms with E-state index in [9.17, 15) is 4.39 Å². The molecular formula is C9H17FIN. The van der Waals surface area contributed by atoms with E-state index in [1.807, 2.05) is 0 Å². The SMILES string of the molecule is CC(C)(F)CN1CCC(I)CC1. The molecular weight excluding hydrogens is 268 g/mol. The average Bonchev–Trinajstić information content (AvgIpc) is 1.91. The monoisotopic (exact) mass is 285 g/mol. The van der Waals surface area contributed by atoms with Crippen LogP contribution in [-0.2, 0) is 0 Å². The van der Waals surface area contributed by atoms with Crippen LogP contribution in [0.25, 0.3) is 0 Å². The van der Waals surface area contributed by atoms with Gasteiger partial charge in [0.25, 0.3) is 0 Å². The third kappa shape index (κ3) is 4.03. The van der Waals surface area contributed by atoms with Crippen LogP contribution in [-0.4, -0.2) is 34.1 Å². The van der Waals surface area contributed by atoms with E-state index in [-0.39, 0.29) is 0 Å². The molecule has 0 amide bonds. The molecule has 1 nitrogen and oxygen atoms in total. The molecule has 1 rings (SSSR count). The Kier molecular flexibility index (Phi) is 3.76. The van der Waals surface area contributed by atoms with Crippen molar-refractivity contribution >= 4 is 22.6 Å². The molecule has 0 bridgehead atoms. The summed E-state index contributed by atoms with van der Waals surface area (Å²) in [7, 11) is 0. The Balaban J connectivity index is 2.26. The second-order valence-electron chi connectivity index (χ2n) is 4.17. The van der Waals surface area contributed by atoms with Gasteiger partial charge >= 0.3 is 0 Å². The quantitative estimate of drug-likeness (QED) is 0.557. The summed E-state index contributed by atoms with van der Waals surface area (Å²) in [6, 6.07) is 0. The van der Waals surface area contributed by atoms with Crippen molar-refractivity contribution in [3.8, 4) is 0 Å². The smallest absolute Gasteiger partial charge is 0.118 e. The van der Waals surface area contributed by atoms with Gasteiger partial charge in [0.2, 0.25) is 0 Å². The molecule has 1 aliphatic rings. The van der Waals surface area contributed by atoms with E-state index < -0.39 is 5.67 Å². The first kappa shape index (κ1) is 10.7. The molecule has 1 heterocycles. The second kappa shape index (κ2) is 4.22. The Bertz CT molecular complexity index is 136. The molecule has 0 N–H and O–H groups in total. The molecule has 0 aromatic heterocycles. The summed E-state index contributed by atoms with van der Waals surface area (Å²) >= 11 is 2.48. The van der Waals surface area contributed by atoms with Crippen molar-refractivity contribution in [3.63, 3.8) is 0 Å². The number of alkyl halides is 2. The molecule has 1 aliphatic heterocycles. The fourth-order valence-corrected chi connectivity index (χ4v) is 2.15. The average molecular weight is 285 g/mol. The zero-order chi connectivity index (χ0) is 9.19. The second-order valence-corrected chi connectivity index (χ2v) is 5.93. The molecule has 1 saturated heterocycles. The molecule has 72 valence electrons. The predicted molar refractivity (Wildman–Crippen MR) is 58.7 cm³/mol. The molecule has 0 atom stereocenters. The van der Waals surface area contributed by atoms with Gasteiger partial charge in [-0.05, 0) is 39.8 Å². The van der Waals surface area contributed by atoms with Crippen molar-refractivity contribution < 1.29 is 4.39 Å². The topological polar surface area (TPSA) is 3.24 Å². The van der Waals surface area contributed by atoms with Gasteiger partial charge in [0.1, 0.15) is 5.67 Å². The van der Waals surface area contributed by atoms with Crippen LogP contribution in [0.1, 0.15) is 26.7 Å². The van der Waals surface area contributed by atoms with Crippen molar-refractivity contribution in [1.29, 1.82) is 0 Å². The van der Waals surface area contributed by atoms with Crippen LogP contribution >= 0.6 is 22.6 Å². The van der Waals surface area contributed by atoms with Gasteiger partial charge in [-0.1, -0.05) is 22.6 Å². The lowest BCUT2D eigenvalue weighted by Crippen LogP contribution is -2.41. The molecule has 3 heteroatoms. The Hall–Kier alpha value is 0.620. The summed E-state index contributed by atoms with van der Waals surface area (Å²) < 4.78 is 14.0. The van der Waals surface area contributed by atoms with E-state index in [2.05, 4.69) is 27.5 Å². The molecule has 1 fully saturated rings. The van der Waals surface area contributed by atoms with Crippen molar-refractivity contribution in [3.05, 3.63) is 0 Å². The van der Waals surface area contributed by atoms with Crippen LogP contribution in [0.3, 0.4) is 0 Å². The summed E-state index contributed by atoms with van der Waals surface area (Å²) in [6.07, 6.45) is 2.44. The van der Waals surface area contributed by atoms with Crippen LogP contribution in [0.4, 0.5) is 4.39 Å². The van der Waals surface area contributed by atoms with Gasteiger partial charge in [-0.25, -0.2) is 4.39 Å². The van der Waals surface area contributed by atoms with Gasteiger partial charge in [-0.2, -0.15) is 0 Å². The van der Waals surface area contributed by atoms with E-state index in [4.69, 9.17) is 0 Å². The van der Waals surface area contributed by atoms with E-state index >= 15 is 0 Å². The number of likely N-dealkylation sites (tertiary alicyclic amines) is 1. The molecule has 0 aromatic rings. The number of piperidine rings is 1. The maximum atomic E-state index is 13.2. The van der Waals surface area contributed by atoms with Crippen molar-refractivity contribution in [2.24, 2.45) is 0 Å². The third-order valence-electron chi connectivity index (χ3n) is 2.12. The number of hydrogen-bond donors (Lipinski definition) is 0. The van der Waals surface area contributed by atoms with Crippen LogP contribution in [0, 0.1) is 0 Å². The molecule has 12 heavy (non-hydrogen) atoms. The third-order valence-corrected chi connectivity index (χ3v) is 3.36. The largest absolute Gasteiger partial charge is 0.300 e. The van der Waals surface area contributed by atoms with Crippen LogP contribution in [0.2, 0.25) is 0 Å². The van der Waals surface area contributed by atoms with Gasteiger partial charge in [0, 0.05) is 10.5 Å². The zero-order valence-electron chi connectivity index (χ0n) is 7.82. The van der Waals surface area contributed by atoms with Crippen molar-refractivity contribution in [2.45, 2.75) is 36.3 Å². The van der Waals surface area contributed by atoms with Crippen LogP contribution in [0.5, 0.6) is 0 Å². The standard InChI is InChI=1S/C9H17FIN/c1-9(2,10)7-12-5-3-8(11)4-6-12/h8H,3-7H2,1-2H3. The highest BCUT2D eigenvalue weighted by atomic mass is 127. The Morgan fingerprint density at radius 3 is 2.33 bits per heavy atom. The van der Waals surface area contributed by atoms with Crippen LogP contribution < -0.4 is 0 Å². The molecule has 0 aromatic carbocycles. The summed E-state index contributed by atoms with van der Waals surface area (Å²) in [4.78, 5) is 2.23. The maximum Gasteiger partial charge on any atom is 0.118 e. The van der Waals surface area contributed by atoms with Crippen LogP contribution in [0.15, 0.2) is 0 Å². The highest BCUT2D eigenvalue weighted by Crippen LogP contribution is 2.20. The maximum absolute atomic E-state index is 13.2. The first-order valence-electron chi connectivity index (χ1n) is 4.53. The number of rotatable bonds is 2. The minimum atomic E-state index is -1.03. The van der Waals surface area contributed by atoms with Crippen molar-refractivity contribution in [2.75, 3.05) is 19.6 Å².